The molecular formula is C16H14Cl2N2O. The number of hydrogen-bond donors (Lipinski definition) is 2. The van der Waals surface area contributed by atoms with Crippen LogP contribution in [0.5, 0.6) is 0 Å². The Bertz CT molecular complexity index is 715. The van der Waals surface area contributed by atoms with Crippen LogP contribution in [-0.4, -0.2) is 13.0 Å². The molecule has 2 N–H and O–H groups in total. The second-order valence-electron chi connectivity index (χ2n) is 5.00. The minimum absolute atomic E-state index is 0.00281. The number of hydrogen-bond acceptors (Lipinski definition) is 2. The summed E-state index contributed by atoms with van der Waals surface area (Å²) >= 11 is 12.7. The molecule has 5 heteroatoms. The first-order chi connectivity index (χ1) is 10.1. The topological polar surface area (TPSA) is 41.1 Å². The Balaban J connectivity index is 2.09. The SMILES string of the molecule is CNC(c1ccccc1Cl)c1cc2c(cc1Cl)NC(=O)C2. The van der Waals surface area contributed by atoms with Crippen LogP contribution in [0.1, 0.15) is 22.7 Å². The summed E-state index contributed by atoms with van der Waals surface area (Å²) in [4.78, 5) is 11.5. The van der Waals surface area contributed by atoms with E-state index < -0.39 is 0 Å². The highest BCUT2D eigenvalue weighted by Crippen LogP contribution is 2.36. The summed E-state index contributed by atoms with van der Waals surface area (Å²) in [6.07, 6.45) is 0.387. The lowest BCUT2D eigenvalue weighted by Crippen LogP contribution is -2.18. The van der Waals surface area contributed by atoms with E-state index in [1.165, 1.54) is 0 Å². The lowest BCUT2D eigenvalue weighted by Gasteiger charge is -2.20. The Morgan fingerprint density at radius 3 is 2.62 bits per heavy atom. The zero-order valence-electron chi connectivity index (χ0n) is 11.4. The van der Waals surface area contributed by atoms with Crippen molar-refractivity contribution >= 4 is 34.8 Å². The largest absolute Gasteiger partial charge is 0.325 e. The average Bonchev–Trinajstić information content (AvgIpc) is 2.81. The zero-order chi connectivity index (χ0) is 15.0. The third kappa shape index (κ3) is 2.64. The van der Waals surface area contributed by atoms with Gasteiger partial charge in [0, 0.05) is 15.7 Å². The third-order valence-corrected chi connectivity index (χ3v) is 4.34. The molecule has 0 aromatic heterocycles. The van der Waals surface area contributed by atoms with Crippen molar-refractivity contribution in [3.8, 4) is 0 Å². The van der Waals surface area contributed by atoms with Crippen molar-refractivity contribution < 1.29 is 4.79 Å². The molecule has 2 aromatic carbocycles. The Morgan fingerprint density at radius 2 is 1.90 bits per heavy atom. The summed E-state index contributed by atoms with van der Waals surface area (Å²) in [5.41, 5.74) is 3.64. The quantitative estimate of drug-likeness (QED) is 0.903. The summed E-state index contributed by atoms with van der Waals surface area (Å²) in [5.74, 6) is -0.00281. The molecule has 1 aliphatic heterocycles. The Morgan fingerprint density at radius 1 is 1.14 bits per heavy atom. The van der Waals surface area contributed by atoms with Gasteiger partial charge in [-0.15, -0.1) is 0 Å². The van der Waals surface area contributed by atoms with E-state index in [2.05, 4.69) is 10.6 Å². The van der Waals surface area contributed by atoms with Gasteiger partial charge in [0.05, 0.1) is 12.5 Å². The predicted octanol–water partition coefficient (Wildman–Crippen LogP) is 3.80. The number of anilines is 1. The molecule has 0 saturated carbocycles. The molecule has 3 rings (SSSR count). The lowest BCUT2D eigenvalue weighted by atomic mass is 9.96. The van der Waals surface area contributed by atoms with E-state index in [0.717, 1.165) is 22.4 Å². The molecule has 0 saturated heterocycles. The molecule has 21 heavy (non-hydrogen) atoms. The first-order valence-electron chi connectivity index (χ1n) is 6.64. The van der Waals surface area contributed by atoms with E-state index in [1.807, 2.05) is 37.4 Å². The van der Waals surface area contributed by atoms with E-state index >= 15 is 0 Å². The number of carbonyl (C=O) groups is 1. The van der Waals surface area contributed by atoms with Crippen LogP contribution in [0.4, 0.5) is 5.69 Å². The normalized spacial score (nSPS) is 14.7. The summed E-state index contributed by atoms with van der Waals surface area (Å²) in [5, 5.41) is 7.34. The van der Waals surface area contributed by atoms with Crippen molar-refractivity contribution in [2.24, 2.45) is 0 Å². The average molecular weight is 321 g/mol. The molecule has 3 nitrogen and oxygen atoms in total. The lowest BCUT2D eigenvalue weighted by molar-refractivity contribution is -0.115. The highest BCUT2D eigenvalue weighted by Gasteiger charge is 2.24. The van der Waals surface area contributed by atoms with Crippen LogP contribution in [0.3, 0.4) is 0 Å². The summed E-state index contributed by atoms with van der Waals surface area (Å²) in [6.45, 7) is 0. The van der Waals surface area contributed by atoms with Gasteiger partial charge in [-0.25, -0.2) is 0 Å². The van der Waals surface area contributed by atoms with E-state index in [0.29, 0.717) is 16.5 Å². The predicted molar refractivity (Wildman–Crippen MR) is 86.1 cm³/mol. The molecule has 108 valence electrons. The van der Waals surface area contributed by atoms with Gasteiger partial charge in [0.1, 0.15) is 0 Å². The van der Waals surface area contributed by atoms with Crippen molar-refractivity contribution in [2.75, 3.05) is 12.4 Å². The van der Waals surface area contributed by atoms with Gasteiger partial charge in [0.15, 0.2) is 0 Å². The maximum absolute atomic E-state index is 11.5. The minimum Gasteiger partial charge on any atom is -0.325 e. The molecule has 1 amide bonds. The van der Waals surface area contributed by atoms with Crippen molar-refractivity contribution in [3.05, 3.63) is 63.1 Å². The van der Waals surface area contributed by atoms with Crippen molar-refractivity contribution in [1.29, 1.82) is 0 Å². The van der Waals surface area contributed by atoms with Crippen LogP contribution in [0.15, 0.2) is 36.4 Å². The standard InChI is InChI=1S/C16H14Cl2N2O/c1-19-16(10-4-2-3-5-12(10)17)11-6-9-7-15(21)20-14(9)8-13(11)18/h2-6,8,16,19H,7H2,1H3,(H,20,21). The van der Waals surface area contributed by atoms with Crippen LogP contribution >= 0.6 is 23.2 Å². The van der Waals surface area contributed by atoms with Crippen molar-refractivity contribution in [2.45, 2.75) is 12.5 Å². The monoisotopic (exact) mass is 320 g/mol. The molecule has 1 atom stereocenters. The number of amides is 1. The molecule has 0 radical (unpaired) electrons. The smallest absolute Gasteiger partial charge is 0.228 e. The van der Waals surface area contributed by atoms with Crippen LogP contribution in [-0.2, 0) is 11.2 Å². The number of halogens is 2. The van der Waals surface area contributed by atoms with E-state index in [-0.39, 0.29) is 11.9 Å². The fraction of sp³-hybridized carbons (Fsp3) is 0.188. The zero-order valence-corrected chi connectivity index (χ0v) is 12.9. The summed E-state index contributed by atoms with van der Waals surface area (Å²) < 4.78 is 0. The van der Waals surface area contributed by atoms with Gasteiger partial charge in [-0.3, -0.25) is 4.79 Å². The Hall–Kier alpha value is -1.55. The highest BCUT2D eigenvalue weighted by atomic mass is 35.5. The highest BCUT2D eigenvalue weighted by molar-refractivity contribution is 6.32. The van der Waals surface area contributed by atoms with Gasteiger partial charge >= 0.3 is 0 Å². The fourth-order valence-corrected chi connectivity index (χ4v) is 3.19. The molecule has 0 fully saturated rings. The molecule has 0 bridgehead atoms. The van der Waals surface area contributed by atoms with E-state index in [4.69, 9.17) is 23.2 Å². The molecule has 2 aromatic rings. The molecule has 1 heterocycles. The van der Waals surface area contributed by atoms with Crippen molar-refractivity contribution in [3.63, 3.8) is 0 Å². The number of fused-ring (bicyclic) bond motifs is 1. The molecular weight excluding hydrogens is 307 g/mol. The first-order valence-corrected chi connectivity index (χ1v) is 7.39. The van der Waals surface area contributed by atoms with Gasteiger partial charge in [0.2, 0.25) is 5.91 Å². The second-order valence-corrected chi connectivity index (χ2v) is 5.81. The van der Waals surface area contributed by atoms with Gasteiger partial charge in [-0.05, 0) is 41.9 Å². The molecule has 1 aliphatic rings. The maximum Gasteiger partial charge on any atom is 0.228 e. The number of nitrogens with one attached hydrogen (secondary N) is 2. The van der Waals surface area contributed by atoms with Crippen LogP contribution < -0.4 is 10.6 Å². The van der Waals surface area contributed by atoms with E-state index in [9.17, 15) is 4.79 Å². The Labute approximate surface area is 133 Å². The maximum atomic E-state index is 11.5. The second kappa shape index (κ2) is 5.68. The molecule has 1 unspecified atom stereocenters. The van der Waals surface area contributed by atoms with Crippen LogP contribution in [0.25, 0.3) is 0 Å². The summed E-state index contributed by atoms with van der Waals surface area (Å²) in [7, 11) is 1.86. The fourth-order valence-electron chi connectivity index (χ4n) is 2.68. The summed E-state index contributed by atoms with van der Waals surface area (Å²) in [6, 6.07) is 11.3. The van der Waals surface area contributed by atoms with Gasteiger partial charge < -0.3 is 10.6 Å². The minimum atomic E-state index is -0.118. The van der Waals surface area contributed by atoms with Crippen molar-refractivity contribution in [1.82, 2.24) is 5.32 Å². The first kappa shape index (κ1) is 14.4. The Kier molecular flexibility index (Phi) is 3.89. The third-order valence-electron chi connectivity index (χ3n) is 3.66. The number of benzene rings is 2. The number of carbonyl (C=O) groups excluding carboxylic acids is 1. The van der Waals surface area contributed by atoms with Gasteiger partial charge in [-0.2, -0.15) is 0 Å². The molecule has 0 aliphatic carbocycles. The van der Waals surface area contributed by atoms with Gasteiger partial charge in [-0.1, -0.05) is 41.4 Å². The molecule has 0 spiro atoms. The van der Waals surface area contributed by atoms with E-state index in [1.54, 1.807) is 6.07 Å². The van der Waals surface area contributed by atoms with Crippen LogP contribution in [0.2, 0.25) is 10.0 Å². The van der Waals surface area contributed by atoms with Gasteiger partial charge in [0.25, 0.3) is 0 Å². The van der Waals surface area contributed by atoms with Crippen LogP contribution in [0, 0.1) is 0 Å². The number of rotatable bonds is 3.